The number of nitrogens with two attached hydrogens (primary N) is 1. The second-order valence-electron chi connectivity index (χ2n) is 5.72. The number of likely N-dealkylation sites (N-methyl/N-ethyl adjacent to an activating group) is 1. The van der Waals surface area contributed by atoms with Gasteiger partial charge < -0.3 is 11.1 Å². The molecule has 0 spiro atoms. The maximum absolute atomic E-state index is 5.88. The van der Waals surface area contributed by atoms with Gasteiger partial charge in [0.1, 0.15) is 0 Å². The summed E-state index contributed by atoms with van der Waals surface area (Å²) in [6, 6.07) is 1.47. The molecule has 17 heavy (non-hydrogen) atoms. The van der Waals surface area contributed by atoms with Gasteiger partial charge in [0.05, 0.1) is 0 Å². The van der Waals surface area contributed by atoms with Crippen LogP contribution >= 0.6 is 0 Å². The van der Waals surface area contributed by atoms with Gasteiger partial charge in [0, 0.05) is 18.6 Å². The SMILES string of the molecule is CCN1CCCC1CNC1CCCCC1CN. The van der Waals surface area contributed by atoms with Crippen LogP contribution in [0.3, 0.4) is 0 Å². The zero-order chi connectivity index (χ0) is 12.1. The molecule has 3 unspecified atom stereocenters. The highest BCUT2D eigenvalue weighted by Crippen LogP contribution is 2.24. The van der Waals surface area contributed by atoms with E-state index < -0.39 is 0 Å². The first-order valence-corrected chi connectivity index (χ1v) is 7.52. The Bertz CT molecular complexity index is 220. The van der Waals surface area contributed by atoms with Gasteiger partial charge in [-0.15, -0.1) is 0 Å². The van der Waals surface area contributed by atoms with Crippen LogP contribution in [-0.4, -0.2) is 43.2 Å². The van der Waals surface area contributed by atoms with Gasteiger partial charge in [-0.2, -0.15) is 0 Å². The van der Waals surface area contributed by atoms with E-state index in [1.54, 1.807) is 0 Å². The number of likely N-dealkylation sites (tertiary alicyclic amines) is 1. The van der Waals surface area contributed by atoms with E-state index in [9.17, 15) is 0 Å². The molecule has 0 aromatic carbocycles. The van der Waals surface area contributed by atoms with Gasteiger partial charge in [-0.05, 0) is 51.2 Å². The second kappa shape index (κ2) is 6.72. The highest BCUT2D eigenvalue weighted by molar-refractivity contribution is 4.86. The molecule has 2 fully saturated rings. The Kier molecular flexibility index (Phi) is 5.26. The first kappa shape index (κ1) is 13.3. The average Bonchev–Trinajstić information content (AvgIpc) is 2.84. The van der Waals surface area contributed by atoms with Crippen molar-refractivity contribution in [2.75, 3.05) is 26.2 Å². The third kappa shape index (κ3) is 3.43. The molecule has 1 saturated carbocycles. The van der Waals surface area contributed by atoms with Crippen molar-refractivity contribution in [2.24, 2.45) is 11.7 Å². The summed E-state index contributed by atoms with van der Waals surface area (Å²) in [5, 5.41) is 3.81. The zero-order valence-electron chi connectivity index (χ0n) is 11.3. The van der Waals surface area contributed by atoms with Crippen LogP contribution in [0, 0.1) is 5.92 Å². The minimum Gasteiger partial charge on any atom is -0.330 e. The van der Waals surface area contributed by atoms with Crippen LogP contribution in [-0.2, 0) is 0 Å². The van der Waals surface area contributed by atoms with Gasteiger partial charge >= 0.3 is 0 Å². The van der Waals surface area contributed by atoms with Gasteiger partial charge in [-0.3, -0.25) is 4.90 Å². The van der Waals surface area contributed by atoms with Crippen molar-refractivity contribution in [3.63, 3.8) is 0 Å². The van der Waals surface area contributed by atoms with E-state index >= 15 is 0 Å². The molecule has 1 saturated heterocycles. The first-order chi connectivity index (χ1) is 8.35. The fraction of sp³-hybridized carbons (Fsp3) is 1.00. The van der Waals surface area contributed by atoms with Gasteiger partial charge in [0.15, 0.2) is 0 Å². The van der Waals surface area contributed by atoms with Crippen LogP contribution in [0.15, 0.2) is 0 Å². The average molecular weight is 239 g/mol. The predicted molar refractivity (Wildman–Crippen MR) is 73.1 cm³/mol. The molecule has 1 heterocycles. The molecule has 2 aliphatic rings. The normalized spacial score (nSPS) is 35.3. The Hall–Kier alpha value is -0.120. The molecule has 0 aromatic heterocycles. The van der Waals surface area contributed by atoms with Gasteiger partial charge in [0.25, 0.3) is 0 Å². The summed E-state index contributed by atoms with van der Waals surface area (Å²) in [5.41, 5.74) is 5.88. The molecule has 0 radical (unpaired) electrons. The first-order valence-electron chi connectivity index (χ1n) is 7.52. The summed E-state index contributed by atoms with van der Waals surface area (Å²) < 4.78 is 0. The van der Waals surface area contributed by atoms with Crippen molar-refractivity contribution in [2.45, 2.75) is 57.5 Å². The second-order valence-corrected chi connectivity index (χ2v) is 5.72. The van der Waals surface area contributed by atoms with Crippen LogP contribution in [0.5, 0.6) is 0 Å². The van der Waals surface area contributed by atoms with Crippen molar-refractivity contribution in [3.8, 4) is 0 Å². The summed E-state index contributed by atoms with van der Waals surface area (Å²) in [7, 11) is 0. The fourth-order valence-corrected chi connectivity index (χ4v) is 3.59. The summed E-state index contributed by atoms with van der Waals surface area (Å²) >= 11 is 0. The highest BCUT2D eigenvalue weighted by Gasteiger charge is 2.27. The molecular weight excluding hydrogens is 210 g/mol. The van der Waals surface area contributed by atoms with Crippen molar-refractivity contribution < 1.29 is 0 Å². The Morgan fingerprint density at radius 1 is 1.18 bits per heavy atom. The lowest BCUT2D eigenvalue weighted by atomic mass is 9.84. The minimum atomic E-state index is 0.688. The molecule has 100 valence electrons. The molecule has 1 aliphatic heterocycles. The highest BCUT2D eigenvalue weighted by atomic mass is 15.2. The van der Waals surface area contributed by atoms with Crippen LogP contribution in [0.2, 0.25) is 0 Å². The lowest BCUT2D eigenvalue weighted by Crippen LogP contribution is -2.47. The van der Waals surface area contributed by atoms with Crippen molar-refractivity contribution in [3.05, 3.63) is 0 Å². The van der Waals surface area contributed by atoms with E-state index in [1.165, 1.54) is 58.2 Å². The number of rotatable bonds is 5. The Morgan fingerprint density at radius 3 is 2.76 bits per heavy atom. The van der Waals surface area contributed by atoms with E-state index in [1.807, 2.05) is 0 Å². The van der Waals surface area contributed by atoms with Crippen LogP contribution in [0.25, 0.3) is 0 Å². The van der Waals surface area contributed by atoms with Gasteiger partial charge in [-0.25, -0.2) is 0 Å². The molecule has 0 aromatic rings. The Labute approximate surface area is 106 Å². The molecule has 0 bridgehead atoms. The standard InChI is InChI=1S/C14H29N3/c1-2-17-9-5-7-13(17)11-16-14-8-4-3-6-12(14)10-15/h12-14,16H,2-11,15H2,1H3. The monoisotopic (exact) mass is 239 g/mol. The summed E-state index contributed by atoms with van der Waals surface area (Å²) in [6.45, 7) is 6.82. The molecule has 3 heteroatoms. The largest absolute Gasteiger partial charge is 0.330 e. The quantitative estimate of drug-likeness (QED) is 0.765. The zero-order valence-corrected chi connectivity index (χ0v) is 11.3. The third-order valence-electron chi connectivity index (χ3n) is 4.73. The van der Waals surface area contributed by atoms with E-state index in [2.05, 4.69) is 17.1 Å². The molecule has 0 amide bonds. The molecule has 2 rings (SSSR count). The number of nitrogens with one attached hydrogen (secondary N) is 1. The summed E-state index contributed by atoms with van der Waals surface area (Å²) in [4.78, 5) is 2.62. The third-order valence-corrected chi connectivity index (χ3v) is 4.73. The predicted octanol–water partition coefficient (Wildman–Crippen LogP) is 1.58. The maximum Gasteiger partial charge on any atom is 0.0221 e. The van der Waals surface area contributed by atoms with Crippen LogP contribution in [0.1, 0.15) is 45.4 Å². The van der Waals surface area contributed by atoms with Gasteiger partial charge in [0.2, 0.25) is 0 Å². The van der Waals surface area contributed by atoms with E-state index in [0.29, 0.717) is 6.04 Å². The lowest BCUT2D eigenvalue weighted by molar-refractivity contribution is 0.219. The number of nitrogens with zero attached hydrogens (tertiary/aromatic N) is 1. The Morgan fingerprint density at radius 2 is 2.00 bits per heavy atom. The topological polar surface area (TPSA) is 41.3 Å². The van der Waals surface area contributed by atoms with E-state index in [0.717, 1.165) is 18.5 Å². The van der Waals surface area contributed by atoms with Crippen LogP contribution < -0.4 is 11.1 Å². The fourth-order valence-electron chi connectivity index (χ4n) is 3.59. The minimum absolute atomic E-state index is 0.688. The summed E-state index contributed by atoms with van der Waals surface area (Å²) in [5.74, 6) is 0.722. The van der Waals surface area contributed by atoms with Crippen LogP contribution in [0.4, 0.5) is 0 Å². The molecule has 1 aliphatic carbocycles. The number of hydrogen-bond donors (Lipinski definition) is 2. The van der Waals surface area contributed by atoms with Crippen molar-refractivity contribution >= 4 is 0 Å². The van der Waals surface area contributed by atoms with Crippen molar-refractivity contribution in [1.82, 2.24) is 10.2 Å². The lowest BCUT2D eigenvalue weighted by Gasteiger charge is -2.33. The molecule has 3 atom stereocenters. The van der Waals surface area contributed by atoms with Gasteiger partial charge in [-0.1, -0.05) is 19.8 Å². The summed E-state index contributed by atoms with van der Waals surface area (Å²) in [6.07, 6.45) is 8.18. The molecule has 3 N–H and O–H groups in total. The smallest absolute Gasteiger partial charge is 0.0221 e. The van der Waals surface area contributed by atoms with E-state index in [4.69, 9.17) is 5.73 Å². The Balaban J connectivity index is 1.76. The molecular formula is C14H29N3. The molecule has 3 nitrogen and oxygen atoms in total. The number of hydrogen-bond acceptors (Lipinski definition) is 3. The van der Waals surface area contributed by atoms with E-state index in [-0.39, 0.29) is 0 Å². The maximum atomic E-state index is 5.88. The van der Waals surface area contributed by atoms with Crippen molar-refractivity contribution in [1.29, 1.82) is 0 Å².